The van der Waals surface area contributed by atoms with Gasteiger partial charge in [0.2, 0.25) is 0 Å². The summed E-state index contributed by atoms with van der Waals surface area (Å²) in [6, 6.07) is 17.2. The molecule has 0 spiro atoms. The van der Waals surface area contributed by atoms with E-state index in [9.17, 15) is 0 Å². The van der Waals surface area contributed by atoms with Crippen molar-refractivity contribution in [2.45, 2.75) is 39.7 Å². The number of hydrogen-bond acceptors (Lipinski definition) is 2. The van der Waals surface area contributed by atoms with Crippen molar-refractivity contribution in [2.24, 2.45) is 0 Å². The summed E-state index contributed by atoms with van der Waals surface area (Å²) < 4.78 is 5.24. The van der Waals surface area contributed by atoms with Crippen molar-refractivity contribution in [1.29, 1.82) is 0 Å². The van der Waals surface area contributed by atoms with Gasteiger partial charge in [0.05, 0.1) is 7.11 Å². The molecule has 2 rings (SSSR count). The molecule has 2 heteroatoms. The minimum Gasteiger partial charge on any atom is -0.497 e. The van der Waals surface area contributed by atoms with E-state index in [2.05, 4.69) is 55.1 Å². The Hall–Kier alpha value is -1.96. The second-order valence-corrected chi connectivity index (χ2v) is 5.81. The van der Waals surface area contributed by atoms with E-state index in [-0.39, 0.29) is 0 Å². The Morgan fingerprint density at radius 2 is 1.59 bits per heavy atom. The van der Waals surface area contributed by atoms with Gasteiger partial charge in [0.1, 0.15) is 5.75 Å². The largest absolute Gasteiger partial charge is 0.497 e. The van der Waals surface area contributed by atoms with Gasteiger partial charge in [-0.25, -0.2) is 0 Å². The van der Waals surface area contributed by atoms with Crippen LogP contribution in [0.5, 0.6) is 5.75 Å². The molecule has 0 amide bonds. The zero-order valence-corrected chi connectivity index (χ0v) is 14.0. The van der Waals surface area contributed by atoms with Crippen LogP contribution in [-0.2, 0) is 6.54 Å². The molecule has 2 aromatic carbocycles. The molecule has 0 N–H and O–H groups in total. The zero-order valence-electron chi connectivity index (χ0n) is 14.0. The molecule has 0 aromatic heterocycles. The van der Waals surface area contributed by atoms with Crippen LogP contribution in [0, 0.1) is 6.92 Å². The Kier molecular flexibility index (Phi) is 6.32. The SMILES string of the molecule is CCCCCN(Cc1ccc(OC)cc1)c1ccc(C)cc1. The predicted molar refractivity (Wildman–Crippen MR) is 94.7 cm³/mol. The van der Waals surface area contributed by atoms with Crippen molar-refractivity contribution in [3.8, 4) is 5.75 Å². The molecule has 2 aromatic rings. The first-order chi connectivity index (χ1) is 10.7. The Labute approximate surface area is 134 Å². The molecule has 0 aliphatic heterocycles. The topological polar surface area (TPSA) is 12.5 Å². The first kappa shape index (κ1) is 16.4. The number of aryl methyl sites for hydroxylation is 1. The molecule has 0 radical (unpaired) electrons. The summed E-state index contributed by atoms with van der Waals surface area (Å²) in [6.07, 6.45) is 3.77. The van der Waals surface area contributed by atoms with E-state index in [1.165, 1.54) is 36.1 Å². The van der Waals surface area contributed by atoms with Gasteiger partial charge in [-0.3, -0.25) is 0 Å². The fourth-order valence-corrected chi connectivity index (χ4v) is 2.56. The van der Waals surface area contributed by atoms with E-state index in [4.69, 9.17) is 4.74 Å². The molecule has 0 saturated heterocycles. The Balaban J connectivity index is 2.10. The number of ether oxygens (including phenoxy) is 1. The number of benzene rings is 2. The average Bonchev–Trinajstić information content (AvgIpc) is 2.55. The van der Waals surface area contributed by atoms with Crippen LogP contribution in [-0.4, -0.2) is 13.7 Å². The van der Waals surface area contributed by atoms with Crippen LogP contribution in [0.15, 0.2) is 48.5 Å². The molecule has 0 bridgehead atoms. The highest BCUT2D eigenvalue weighted by atomic mass is 16.5. The molecule has 0 unspecified atom stereocenters. The molecule has 0 heterocycles. The normalized spacial score (nSPS) is 10.5. The molecular formula is C20H27NO. The Morgan fingerprint density at radius 1 is 0.909 bits per heavy atom. The third-order valence-electron chi connectivity index (χ3n) is 3.96. The van der Waals surface area contributed by atoms with Crippen LogP contribution in [0.1, 0.15) is 37.3 Å². The van der Waals surface area contributed by atoms with Crippen molar-refractivity contribution in [3.63, 3.8) is 0 Å². The van der Waals surface area contributed by atoms with Crippen molar-refractivity contribution in [1.82, 2.24) is 0 Å². The first-order valence-corrected chi connectivity index (χ1v) is 8.17. The maximum Gasteiger partial charge on any atom is 0.118 e. The number of methoxy groups -OCH3 is 1. The number of anilines is 1. The van der Waals surface area contributed by atoms with Gasteiger partial charge in [-0.1, -0.05) is 49.6 Å². The lowest BCUT2D eigenvalue weighted by molar-refractivity contribution is 0.414. The predicted octanol–water partition coefficient (Wildman–Crippen LogP) is 5.20. The molecule has 22 heavy (non-hydrogen) atoms. The third kappa shape index (κ3) is 4.80. The molecule has 0 fully saturated rings. The van der Waals surface area contributed by atoms with Crippen LogP contribution in [0.3, 0.4) is 0 Å². The molecule has 0 aliphatic carbocycles. The average molecular weight is 297 g/mol. The van der Waals surface area contributed by atoms with E-state index in [1.807, 2.05) is 12.1 Å². The van der Waals surface area contributed by atoms with Gasteiger partial charge in [-0.15, -0.1) is 0 Å². The van der Waals surface area contributed by atoms with Gasteiger partial charge in [0, 0.05) is 18.8 Å². The van der Waals surface area contributed by atoms with E-state index >= 15 is 0 Å². The second-order valence-electron chi connectivity index (χ2n) is 5.81. The van der Waals surface area contributed by atoms with Gasteiger partial charge >= 0.3 is 0 Å². The fourth-order valence-electron chi connectivity index (χ4n) is 2.56. The van der Waals surface area contributed by atoms with E-state index in [0.29, 0.717) is 0 Å². The molecular weight excluding hydrogens is 270 g/mol. The molecule has 2 nitrogen and oxygen atoms in total. The van der Waals surface area contributed by atoms with Crippen molar-refractivity contribution < 1.29 is 4.74 Å². The lowest BCUT2D eigenvalue weighted by atomic mass is 10.1. The Morgan fingerprint density at radius 3 is 2.18 bits per heavy atom. The highest BCUT2D eigenvalue weighted by Crippen LogP contribution is 2.20. The molecule has 118 valence electrons. The fraction of sp³-hybridized carbons (Fsp3) is 0.400. The van der Waals surface area contributed by atoms with E-state index in [0.717, 1.165) is 18.8 Å². The molecule has 0 saturated carbocycles. The third-order valence-corrected chi connectivity index (χ3v) is 3.96. The summed E-state index contributed by atoms with van der Waals surface area (Å²) in [5, 5.41) is 0. The van der Waals surface area contributed by atoms with Crippen LogP contribution in [0.25, 0.3) is 0 Å². The number of unbranched alkanes of at least 4 members (excludes halogenated alkanes) is 2. The van der Waals surface area contributed by atoms with Crippen LogP contribution < -0.4 is 9.64 Å². The second kappa shape index (κ2) is 8.47. The summed E-state index contributed by atoms with van der Waals surface area (Å²) >= 11 is 0. The number of nitrogens with zero attached hydrogens (tertiary/aromatic N) is 1. The van der Waals surface area contributed by atoms with Crippen molar-refractivity contribution in [3.05, 3.63) is 59.7 Å². The minimum atomic E-state index is 0.914. The smallest absolute Gasteiger partial charge is 0.118 e. The minimum absolute atomic E-state index is 0.914. The van der Waals surface area contributed by atoms with Gasteiger partial charge in [-0.05, 0) is 43.2 Å². The summed E-state index contributed by atoms with van der Waals surface area (Å²) in [6.45, 7) is 6.42. The summed E-state index contributed by atoms with van der Waals surface area (Å²) in [5.41, 5.74) is 3.93. The number of hydrogen-bond donors (Lipinski definition) is 0. The monoisotopic (exact) mass is 297 g/mol. The van der Waals surface area contributed by atoms with Crippen LogP contribution in [0.4, 0.5) is 5.69 Å². The van der Waals surface area contributed by atoms with E-state index < -0.39 is 0 Å². The van der Waals surface area contributed by atoms with Crippen LogP contribution >= 0.6 is 0 Å². The Bertz CT molecular complexity index is 545. The zero-order chi connectivity index (χ0) is 15.8. The van der Waals surface area contributed by atoms with Crippen molar-refractivity contribution >= 4 is 5.69 Å². The van der Waals surface area contributed by atoms with Gasteiger partial charge in [-0.2, -0.15) is 0 Å². The first-order valence-electron chi connectivity index (χ1n) is 8.17. The highest BCUT2D eigenvalue weighted by Gasteiger charge is 2.07. The standard InChI is InChI=1S/C20H27NO/c1-4-5-6-15-21(19-11-7-17(2)8-12-19)16-18-9-13-20(22-3)14-10-18/h7-14H,4-6,15-16H2,1-3H3. The molecule has 0 aliphatic rings. The maximum absolute atomic E-state index is 5.24. The van der Waals surface area contributed by atoms with Crippen molar-refractivity contribution in [2.75, 3.05) is 18.6 Å². The molecule has 0 atom stereocenters. The van der Waals surface area contributed by atoms with Crippen LogP contribution in [0.2, 0.25) is 0 Å². The highest BCUT2D eigenvalue weighted by molar-refractivity contribution is 5.48. The summed E-state index contributed by atoms with van der Waals surface area (Å²) in [5.74, 6) is 0.914. The quantitative estimate of drug-likeness (QED) is 0.621. The van der Waals surface area contributed by atoms with E-state index in [1.54, 1.807) is 7.11 Å². The lowest BCUT2D eigenvalue weighted by Crippen LogP contribution is -2.23. The van der Waals surface area contributed by atoms with Gasteiger partial charge < -0.3 is 9.64 Å². The van der Waals surface area contributed by atoms with Gasteiger partial charge in [0.15, 0.2) is 0 Å². The summed E-state index contributed by atoms with van der Waals surface area (Å²) in [7, 11) is 1.71. The summed E-state index contributed by atoms with van der Waals surface area (Å²) in [4.78, 5) is 2.47. The lowest BCUT2D eigenvalue weighted by Gasteiger charge is -2.25. The number of rotatable bonds is 8. The maximum atomic E-state index is 5.24. The van der Waals surface area contributed by atoms with Gasteiger partial charge in [0.25, 0.3) is 0 Å².